The van der Waals surface area contributed by atoms with Gasteiger partial charge in [-0.1, -0.05) is 107 Å². The molecule has 19 heavy (non-hydrogen) atoms. The van der Waals surface area contributed by atoms with E-state index in [0.717, 1.165) is 0 Å². The summed E-state index contributed by atoms with van der Waals surface area (Å²) in [6.45, 7) is 6.98. The molecule has 0 saturated heterocycles. The lowest BCUT2D eigenvalue weighted by Crippen LogP contribution is -2.47. The third-order valence-electron chi connectivity index (χ3n) is 4.31. The summed E-state index contributed by atoms with van der Waals surface area (Å²) in [5.74, 6) is 0. The van der Waals surface area contributed by atoms with Crippen LogP contribution in [-0.2, 0) is 0 Å². The summed E-state index contributed by atoms with van der Waals surface area (Å²) in [4.78, 5) is 0. The molecule has 1 aromatic carbocycles. The fourth-order valence-electron chi connectivity index (χ4n) is 3.05. The van der Waals surface area contributed by atoms with Crippen LogP contribution in [0.2, 0.25) is 18.1 Å². The maximum atomic E-state index is 3.60. The van der Waals surface area contributed by atoms with Crippen molar-refractivity contribution in [1.29, 1.82) is 0 Å². The van der Waals surface area contributed by atoms with Crippen molar-refractivity contribution >= 4 is 13.3 Å². The SMILES string of the molecule is CCCC[Si](CCCC)(CCCC)c1[c]cccc1. The lowest BCUT2D eigenvalue weighted by Gasteiger charge is -2.32. The minimum Gasteiger partial charge on any atom is -0.0654 e. The minimum atomic E-state index is -1.29. The van der Waals surface area contributed by atoms with Crippen molar-refractivity contribution in [3.05, 3.63) is 30.3 Å². The third-order valence-corrected chi connectivity index (χ3v) is 9.69. The first-order valence-electron chi connectivity index (χ1n) is 8.26. The standard InChI is InChI=1S/C18H31Si/c1-4-7-15-19(16-8-5-2,17-9-6-3)18-13-11-10-12-14-18/h10-13H,4-9,15-17H2,1-3H3. The summed E-state index contributed by atoms with van der Waals surface area (Å²) in [6.07, 6.45) is 8.21. The molecule has 0 saturated carbocycles. The van der Waals surface area contributed by atoms with Gasteiger partial charge in [-0.15, -0.1) is 0 Å². The Bertz CT molecular complexity index is 296. The van der Waals surface area contributed by atoms with Gasteiger partial charge in [0, 0.05) is 0 Å². The van der Waals surface area contributed by atoms with Crippen molar-refractivity contribution in [3.63, 3.8) is 0 Å². The van der Waals surface area contributed by atoms with Gasteiger partial charge in [0.15, 0.2) is 0 Å². The summed E-state index contributed by atoms with van der Waals surface area (Å²) in [7, 11) is -1.29. The molecule has 0 aliphatic heterocycles. The molecule has 0 atom stereocenters. The van der Waals surface area contributed by atoms with Crippen molar-refractivity contribution in [2.24, 2.45) is 0 Å². The Morgan fingerprint density at radius 1 is 0.842 bits per heavy atom. The molecule has 107 valence electrons. The van der Waals surface area contributed by atoms with Crippen LogP contribution in [0.1, 0.15) is 59.3 Å². The minimum absolute atomic E-state index is 1.29. The Kier molecular flexibility index (Phi) is 8.12. The van der Waals surface area contributed by atoms with Crippen LogP contribution in [0.25, 0.3) is 0 Å². The molecule has 1 rings (SSSR count). The van der Waals surface area contributed by atoms with Crippen LogP contribution in [0, 0.1) is 6.07 Å². The van der Waals surface area contributed by atoms with Crippen LogP contribution in [0.3, 0.4) is 0 Å². The number of hydrogen-bond acceptors (Lipinski definition) is 0. The van der Waals surface area contributed by atoms with Crippen molar-refractivity contribution in [3.8, 4) is 0 Å². The molecule has 0 spiro atoms. The molecule has 0 heterocycles. The second-order valence-electron chi connectivity index (χ2n) is 5.87. The Labute approximate surface area is 121 Å². The van der Waals surface area contributed by atoms with E-state index in [1.54, 1.807) is 5.19 Å². The first-order valence-corrected chi connectivity index (χ1v) is 10.9. The van der Waals surface area contributed by atoms with Gasteiger partial charge < -0.3 is 0 Å². The van der Waals surface area contributed by atoms with E-state index in [9.17, 15) is 0 Å². The Hall–Kier alpha value is -0.563. The summed E-state index contributed by atoms with van der Waals surface area (Å²) < 4.78 is 0. The van der Waals surface area contributed by atoms with Gasteiger partial charge in [-0.2, -0.15) is 0 Å². The Morgan fingerprint density at radius 2 is 1.37 bits per heavy atom. The van der Waals surface area contributed by atoms with E-state index in [1.807, 2.05) is 0 Å². The summed E-state index contributed by atoms with van der Waals surface area (Å²) >= 11 is 0. The topological polar surface area (TPSA) is 0 Å². The van der Waals surface area contributed by atoms with Gasteiger partial charge in [0.2, 0.25) is 0 Å². The Balaban J connectivity index is 2.94. The predicted molar refractivity (Wildman–Crippen MR) is 89.8 cm³/mol. The average molecular weight is 276 g/mol. The molecule has 0 aliphatic carbocycles. The molecular formula is C18H31Si. The smallest absolute Gasteiger partial charge is 0.0654 e. The van der Waals surface area contributed by atoms with Crippen LogP contribution in [0.15, 0.2) is 24.3 Å². The molecule has 0 aromatic heterocycles. The van der Waals surface area contributed by atoms with Crippen LogP contribution >= 0.6 is 0 Å². The monoisotopic (exact) mass is 275 g/mol. The zero-order chi connectivity index (χ0) is 14.0. The first-order chi connectivity index (χ1) is 9.29. The van der Waals surface area contributed by atoms with Gasteiger partial charge in [0.25, 0.3) is 0 Å². The fourth-order valence-corrected chi connectivity index (χ4v) is 8.54. The second-order valence-corrected chi connectivity index (χ2v) is 10.5. The van der Waals surface area contributed by atoms with E-state index in [4.69, 9.17) is 0 Å². The van der Waals surface area contributed by atoms with E-state index >= 15 is 0 Å². The molecule has 0 aliphatic rings. The van der Waals surface area contributed by atoms with Crippen LogP contribution < -0.4 is 5.19 Å². The maximum Gasteiger partial charge on any atom is 0.0875 e. The lowest BCUT2D eigenvalue weighted by atomic mass is 10.4. The quantitative estimate of drug-likeness (QED) is 0.492. The van der Waals surface area contributed by atoms with E-state index in [0.29, 0.717) is 0 Å². The zero-order valence-corrected chi connectivity index (χ0v) is 14.2. The number of hydrogen-bond donors (Lipinski definition) is 0. The highest BCUT2D eigenvalue weighted by molar-refractivity contribution is 6.91. The van der Waals surface area contributed by atoms with Gasteiger partial charge in [-0.25, -0.2) is 0 Å². The fraction of sp³-hybridized carbons (Fsp3) is 0.667. The average Bonchev–Trinajstić information content (AvgIpc) is 2.48. The summed E-state index contributed by atoms with van der Waals surface area (Å²) in [5, 5.41) is 1.60. The molecule has 0 unspecified atom stereocenters. The first kappa shape index (κ1) is 16.5. The lowest BCUT2D eigenvalue weighted by molar-refractivity contribution is 0.800. The molecular weight excluding hydrogens is 244 g/mol. The van der Waals surface area contributed by atoms with E-state index in [-0.39, 0.29) is 0 Å². The van der Waals surface area contributed by atoms with Gasteiger partial charge in [0.1, 0.15) is 0 Å². The van der Waals surface area contributed by atoms with E-state index < -0.39 is 8.07 Å². The summed E-state index contributed by atoms with van der Waals surface area (Å²) in [5.41, 5.74) is 0. The summed E-state index contributed by atoms with van der Waals surface area (Å²) in [6, 6.07) is 16.9. The van der Waals surface area contributed by atoms with Crippen molar-refractivity contribution in [2.45, 2.75) is 77.4 Å². The number of benzene rings is 1. The van der Waals surface area contributed by atoms with Crippen LogP contribution in [0.5, 0.6) is 0 Å². The highest BCUT2D eigenvalue weighted by Gasteiger charge is 2.32. The number of unbranched alkanes of at least 4 members (excludes halogenated alkanes) is 3. The van der Waals surface area contributed by atoms with E-state index in [2.05, 4.69) is 51.1 Å². The van der Waals surface area contributed by atoms with Gasteiger partial charge in [-0.05, 0) is 6.07 Å². The molecule has 0 amide bonds. The van der Waals surface area contributed by atoms with Crippen LogP contribution in [-0.4, -0.2) is 8.07 Å². The highest BCUT2D eigenvalue weighted by atomic mass is 28.3. The van der Waals surface area contributed by atoms with Crippen molar-refractivity contribution in [2.75, 3.05) is 0 Å². The van der Waals surface area contributed by atoms with Gasteiger partial charge >= 0.3 is 0 Å². The van der Waals surface area contributed by atoms with Crippen molar-refractivity contribution < 1.29 is 0 Å². The highest BCUT2D eigenvalue weighted by Crippen LogP contribution is 2.28. The van der Waals surface area contributed by atoms with Gasteiger partial charge in [-0.3, -0.25) is 0 Å². The third kappa shape index (κ3) is 5.14. The van der Waals surface area contributed by atoms with Gasteiger partial charge in [0.05, 0.1) is 8.07 Å². The largest absolute Gasteiger partial charge is 0.0875 e. The van der Waals surface area contributed by atoms with Crippen LogP contribution in [0.4, 0.5) is 0 Å². The molecule has 0 fully saturated rings. The molecule has 1 radical (unpaired) electrons. The normalized spacial score (nSPS) is 11.7. The number of rotatable bonds is 10. The molecule has 0 N–H and O–H groups in total. The zero-order valence-electron chi connectivity index (χ0n) is 13.2. The molecule has 0 nitrogen and oxygen atoms in total. The Morgan fingerprint density at radius 3 is 1.74 bits per heavy atom. The molecule has 0 bridgehead atoms. The second kappa shape index (κ2) is 9.36. The van der Waals surface area contributed by atoms with E-state index in [1.165, 1.54) is 56.7 Å². The van der Waals surface area contributed by atoms with Crippen molar-refractivity contribution in [1.82, 2.24) is 0 Å². The predicted octanol–water partition coefficient (Wildman–Crippen LogP) is 5.54. The molecule has 1 aromatic rings. The maximum absolute atomic E-state index is 3.60. The molecule has 1 heteroatoms.